The molecule has 0 aliphatic rings. The minimum Gasteiger partial charge on any atom is -0.316 e. The van der Waals surface area contributed by atoms with Crippen LogP contribution in [0.15, 0.2) is 54.6 Å². The maximum atomic E-state index is 13.4. The third-order valence-electron chi connectivity index (χ3n) is 3.46. The lowest BCUT2D eigenvalue weighted by atomic mass is 9.92. The predicted octanol–water partition coefficient (Wildman–Crippen LogP) is 4.15. The van der Waals surface area contributed by atoms with Gasteiger partial charge in [-0.1, -0.05) is 49.4 Å². The lowest BCUT2D eigenvalue weighted by molar-refractivity contribution is 0.569. The number of nitrogens with one attached hydrogen (secondary N) is 1. The van der Waals surface area contributed by atoms with E-state index in [0.29, 0.717) is 5.92 Å². The monoisotopic (exact) mass is 271 g/mol. The lowest BCUT2D eigenvalue weighted by Gasteiger charge is -2.18. The molecule has 0 aliphatic heterocycles. The van der Waals surface area contributed by atoms with Gasteiger partial charge in [-0.05, 0) is 42.6 Å². The fourth-order valence-corrected chi connectivity index (χ4v) is 2.42. The average molecular weight is 271 g/mol. The van der Waals surface area contributed by atoms with Crippen LogP contribution < -0.4 is 5.32 Å². The Bertz CT molecular complexity index is 510. The van der Waals surface area contributed by atoms with Crippen LogP contribution in [0.4, 0.5) is 4.39 Å². The fourth-order valence-electron chi connectivity index (χ4n) is 2.42. The maximum Gasteiger partial charge on any atom is 0.123 e. The number of hydrogen-bond acceptors (Lipinski definition) is 1. The molecular weight excluding hydrogens is 249 g/mol. The lowest BCUT2D eigenvalue weighted by Crippen LogP contribution is -2.23. The van der Waals surface area contributed by atoms with E-state index in [4.69, 9.17) is 0 Å². The molecule has 20 heavy (non-hydrogen) atoms. The first-order valence-electron chi connectivity index (χ1n) is 7.29. The van der Waals surface area contributed by atoms with Crippen LogP contribution >= 0.6 is 0 Å². The zero-order chi connectivity index (χ0) is 14.2. The van der Waals surface area contributed by atoms with Crippen molar-refractivity contribution in [3.05, 3.63) is 71.5 Å². The molecule has 2 rings (SSSR count). The summed E-state index contributed by atoms with van der Waals surface area (Å²) < 4.78 is 13.4. The fraction of sp³-hybridized carbons (Fsp3) is 0.333. The van der Waals surface area contributed by atoms with Gasteiger partial charge >= 0.3 is 0 Å². The molecule has 106 valence electrons. The van der Waals surface area contributed by atoms with Gasteiger partial charge in [-0.2, -0.15) is 0 Å². The van der Waals surface area contributed by atoms with Crippen molar-refractivity contribution >= 4 is 0 Å². The first-order valence-corrected chi connectivity index (χ1v) is 7.29. The van der Waals surface area contributed by atoms with Gasteiger partial charge in [-0.25, -0.2) is 4.39 Å². The van der Waals surface area contributed by atoms with Crippen LogP contribution in [0.2, 0.25) is 0 Å². The van der Waals surface area contributed by atoms with Gasteiger partial charge < -0.3 is 5.32 Å². The topological polar surface area (TPSA) is 12.0 Å². The van der Waals surface area contributed by atoms with Crippen molar-refractivity contribution in [2.75, 3.05) is 13.1 Å². The highest BCUT2D eigenvalue weighted by Crippen LogP contribution is 2.21. The van der Waals surface area contributed by atoms with Crippen molar-refractivity contribution in [2.24, 2.45) is 0 Å². The molecule has 0 saturated carbocycles. The van der Waals surface area contributed by atoms with Gasteiger partial charge in [0.2, 0.25) is 0 Å². The van der Waals surface area contributed by atoms with Crippen LogP contribution in [0, 0.1) is 5.82 Å². The van der Waals surface area contributed by atoms with E-state index in [-0.39, 0.29) is 5.82 Å². The second kappa shape index (κ2) is 7.81. The zero-order valence-corrected chi connectivity index (χ0v) is 12.0. The van der Waals surface area contributed by atoms with Crippen molar-refractivity contribution in [2.45, 2.75) is 25.7 Å². The smallest absolute Gasteiger partial charge is 0.123 e. The molecule has 0 bridgehead atoms. The maximum absolute atomic E-state index is 13.4. The Balaban J connectivity index is 2.11. The van der Waals surface area contributed by atoms with Gasteiger partial charge in [-0.15, -0.1) is 0 Å². The number of halogens is 1. The third kappa shape index (κ3) is 4.46. The highest BCUT2D eigenvalue weighted by molar-refractivity contribution is 5.25. The van der Waals surface area contributed by atoms with E-state index in [1.165, 1.54) is 11.6 Å². The summed E-state index contributed by atoms with van der Waals surface area (Å²) in [4.78, 5) is 0. The Morgan fingerprint density at radius 2 is 1.85 bits per heavy atom. The molecule has 1 N–H and O–H groups in total. The van der Waals surface area contributed by atoms with Gasteiger partial charge in [0, 0.05) is 12.5 Å². The summed E-state index contributed by atoms with van der Waals surface area (Å²) in [5.74, 6) is 0.149. The van der Waals surface area contributed by atoms with Crippen LogP contribution in [0.3, 0.4) is 0 Å². The normalized spacial score (nSPS) is 12.3. The molecule has 0 saturated heterocycles. The van der Waals surface area contributed by atoms with Crippen molar-refractivity contribution in [1.29, 1.82) is 0 Å². The molecule has 1 unspecified atom stereocenters. The summed E-state index contributed by atoms with van der Waals surface area (Å²) in [6.07, 6.45) is 2.04. The summed E-state index contributed by atoms with van der Waals surface area (Å²) >= 11 is 0. The van der Waals surface area contributed by atoms with Gasteiger partial charge in [0.05, 0.1) is 0 Å². The molecule has 0 heterocycles. The Kier molecular flexibility index (Phi) is 5.75. The van der Waals surface area contributed by atoms with Gasteiger partial charge in [0.25, 0.3) is 0 Å². The Labute approximate surface area is 120 Å². The summed E-state index contributed by atoms with van der Waals surface area (Å²) in [7, 11) is 0. The number of rotatable bonds is 7. The van der Waals surface area contributed by atoms with Crippen LogP contribution in [-0.4, -0.2) is 13.1 Å². The van der Waals surface area contributed by atoms with Crippen LogP contribution in [0.1, 0.15) is 30.4 Å². The van der Waals surface area contributed by atoms with Gasteiger partial charge in [0.15, 0.2) is 0 Å². The van der Waals surface area contributed by atoms with E-state index >= 15 is 0 Å². The van der Waals surface area contributed by atoms with Crippen LogP contribution in [0.5, 0.6) is 0 Å². The van der Waals surface area contributed by atoms with Crippen molar-refractivity contribution < 1.29 is 4.39 Å². The van der Waals surface area contributed by atoms with E-state index in [2.05, 4.69) is 36.5 Å². The molecule has 0 amide bonds. The largest absolute Gasteiger partial charge is 0.316 e. The van der Waals surface area contributed by atoms with E-state index in [0.717, 1.165) is 31.5 Å². The average Bonchev–Trinajstić information content (AvgIpc) is 2.47. The zero-order valence-electron chi connectivity index (χ0n) is 12.0. The van der Waals surface area contributed by atoms with Crippen LogP contribution in [-0.2, 0) is 6.42 Å². The molecule has 0 fully saturated rings. The quantitative estimate of drug-likeness (QED) is 0.746. The first-order chi connectivity index (χ1) is 9.79. The van der Waals surface area contributed by atoms with E-state index in [9.17, 15) is 4.39 Å². The minimum atomic E-state index is -0.156. The molecule has 1 nitrogen and oxygen atoms in total. The number of hydrogen-bond donors (Lipinski definition) is 1. The van der Waals surface area contributed by atoms with Crippen LogP contribution in [0.25, 0.3) is 0 Å². The Morgan fingerprint density at radius 1 is 1.05 bits per heavy atom. The second-order valence-corrected chi connectivity index (χ2v) is 5.15. The van der Waals surface area contributed by atoms with Crippen molar-refractivity contribution in [3.8, 4) is 0 Å². The summed E-state index contributed by atoms with van der Waals surface area (Å²) in [5, 5.41) is 3.45. The first kappa shape index (κ1) is 14.7. The Morgan fingerprint density at radius 3 is 2.55 bits per heavy atom. The molecule has 0 radical (unpaired) electrons. The predicted molar refractivity (Wildman–Crippen MR) is 82.4 cm³/mol. The van der Waals surface area contributed by atoms with Crippen molar-refractivity contribution in [1.82, 2.24) is 5.32 Å². The summed E-state index contributed by atoms with van der Waals surface area (Å²) in [6.45, 7) is 4.04. The SMILES string of the molecule is CCCNCC(Cc1ccccc1)c1cccc(F)c1. The van der Waals surface area contributed by atoms with Gasteiger partial charge in [-0.3, -0.25) is 0 Å². The minimum absolute atomic E-state index is 0.156. The molecular formula is C18H22FN. The molecule has 0 aliphatic carbocycles. The second-order valence-electron chi connectivity index (χ2n) is 5.15. The number of benzene rings is 2. The van der Waals surface area contributed by atoms with Crippen molar-refractivity contribution in [3.63, 3.8) is 0 Å². The summed E-state index contributed by atoms with van der Waals surface area (Å²) in [6, 6.07) is 17.4. The third-order valence-corrected chi connectivity index (χ3v) is 3.46. The van der Waals surface area contributed by atoms with E-state index in [1.54, 1.807) is 12.1 Å². The standard InChI is InChI=1S/C18H22FN/c1-2-11-20-14-17(12-15-7-4-3-5-8-15)16-9-6-10-18(19)13-16/h3-10,13,17,20H,2,11-12,14H2,1H3. The molecule has 2 heteroatoms. The summed E-state index contributed by atoms with van der Waals surface area (Å²) in [5.41, 5.74) is 2.36. The highest BCUT2D eigenvalue weighted by Gasteiger charge is 2.12. The van der Waals surface area contributed by atoms with E-state index < -0.39 is 0 Å². The van der Waals surface area contributed by atoms with Gasteiger partial charge in [0.1, 0.15) is 5.82 Å². The highest BCUT2D eigenvalue weighted by atomic mass is 19.1. The molecule has 2 aromatic rings. The van der Waals surface area contributed by atoms with E-state index in [1.807, 2.05) is 12.1 Å². The molecule has 0 spiro atoms. The molecule has 2 aromatic carbocycles. The molecule has 0 aromatic heterocycles. The molecule has 1 atom stereocenters. The Hall–Kier alpha value is -1.67.